The molecule has 4 aromatic rings. The van der Waals surface area contributed by atoms with E-state index in [9.17, 15) is 14.9 Å². The van der Waals surface area contributed by atoms with Crippen LogP contribution >= 0.6 is 0 Å². The first-order valence-corrected chi connectivity index (χ1v) is 10.5. The Bertz CT molecular complexity index is 1340. The van der Waals surface area contributed by atoms with Crippen LogP contribution in [0.4, 0.5) is 34.5 Å². The van der Waals surface area contributed by atoms with Crippen LogP contribution in [0, 0.1) is 24.0 Å². The van der Waals surface area contributed by atoms with Gasteiger partial charge in [0.15, 0.2) is 0 Å². The molecule has 9 heteroatoms. The molecule has 0 aliphatic carbocycles. The summed E-state index contributed by atoms with van der Waals surface area (Å²) in [7, 11) is 0. The van der Waals surface area contributed by atoms with Crippen LogP contribution in [0.25, 0.3) is 0 Å². The first-order chi connectivity index (χ1) is 16.4. The topological polar surface area (TPSA) is 122 Å². The van der Waals surface area contributed by atoms with Gasteiger partial charge in [-0.15, -0.1) is 0 Å². The molecular formula is C25H22N6O3. The third-order valence-corrected chi connectivity index (χ3v) is 4.92. The summed E-state index contributed by atoms with van der Waals surface area (Å²) in [6.07, 6.45) is 0. The van der Waals surface area contributed by atoms with Gasteiger partial charge in [-0.05, 0) is 56.3 Å². The summed E-state index contributed by atoms with van der Waals surface area (Å²) in [6, 6.07) is 22.5. The molecular weight excluding hydrogens is 432 g/mol. The fraction of sp³-hybridized carbons (Fsp3) is 0.0800. The second-order valence-electron chi connectivity index (χ2n) is 7.64. The molecule has 1 aromatic heterocycles. The molecule has 1 heterocycles. The van der Waals surface area contributed by atoms with E-state index >= 15 is 0 Å². The minimum atomic E-state index is -0.576. The maximum Gasteiger partial charge on any atom is 0.282 e. The first-order valence-electron chi connectivity index (χ1n) is 10.5. The highest BCUT2D eigenvalue weighted by Gasteiger charge is 2.19. The summed E-state index contributed by atoms with van der Waals surface area (Å²) in [5, 5.41) is 20.3. The summed E-state index contributed by atoms with van der Waals surface area (Å²) in [6.45, 7) is 3.91. The molecule has 0 fully saturated rings. The van der Waals surface area contributed by atoms with Crippen LogP contribution in [0.2, 0.25) is 0 Å². The lowest BCUT2D eigenvalue weighted by Gasteiger charge is -2.11. The fourth-order valence-electron chi connectivity index (χ4n) is 3.26. The summed E-state index contributed by atoms with van der Waals surface area (Å²) in [4.78, 5) is 32.0. The molecule has 1 amide bonds. The van der Waals surface area contributed by atoms with Gasteiger partial charge in [-0.1, -0.05) is 29.8 Å². The van der Waals surface area contributed by atoms with Crippen molar-refractivity contribution in [3.63, 3.8) is 0 Å². The first kappa shape index (κ1) is 22.4. The molecule has 0 spiro atoms. The third-order valence-electron chi connectivity index (χ3n) is 4.92. The van der Waals surface area contributed by atoms with Crippen LogP contribution in [0.5, 0.6) is 0 Å². The number of nitro benzene ring substituents is 1. The maximum absolute atomic E-state index is 12.5. The van der Waals surface area contributed by atoms with E-state index in [2.05, 4.69) is 25.9 Å². The van der Waals surface area contributed by atoms with Crippen molar-refractivity contribution < 1.29 is 9.72 Å². The Morgan fingerprint density at radius 2 is 1.44 bits per heavy atom. The number of anilines is 5. The zero-order chi connectivity index (χ0) is 24.1. The molecule has 0 saturated carbocycles. The van der Waals surface area contributed by atoms with Crippen molar-refractivity contribution in [2.75, 3.05) is 16.0 Å². The molecule has 3 aromatic carbocycles. The lowest BCUT2D eigenvalue weighted by molar-refractivity contribution is -0.385. The van der Waals surface area contributed by atoms with Crippen molar-refractivity contribution in [1.29, 1.82) is 0 Å². The molecule has 0 radical (unpaired) electrons. The van der Waals surface area contributed by atoms with Crippen molar-refractivity contribution >= 4 is 40.4 Å². The van der Waals surface area contributed by atoms with Crippen LogP contribution in [0.3, 0.4) is 0 Å². The Labute approximate surface area is 196 Å². The zero-order valence-electron chi connectivity index (χ0n) is 18.6. The van der Waals surface area contributed by atoms with Crippen LogP contribution in [0.15, 0.2) is 78.9 Å². The Morgan fingerprint density at radius 1 is 0.824 bits per heavy atom. The van der Waals surface area contributed by atoms with Gasteiger partial charge in [0, 0.05) is 34.9 Å². The number of carbonyl (C=O) groups excluding carboxylic acids is 1. The minimum Gasteiger partial charge on any atom is -0.340 e. The standard InChI is InChI=1S/C25H22N6O3/c1-16-7-9-20(10-8-16)29-25-26-17(2)15-23(30-25)27-18-11-13-19(14-12-18)28-24(32)21-5-3-4-6-22(21)31(33)34/h3-15H,1-2H3,(H,28,32)(H2,26,27,29,30). The van der Waals surface area contributed by atoms with Gasteiger partial charge in [0.05, 0.1) is 4.92 Å². The number of nitrogens with zero attached hydrogens (tertiary/aromatic N) is 3. The number of rotatable bonds is 7. The molecule has 0 saturated heterocycles. The molecule has 0 atom stereocenters. The van der Waals surface area contributed by atoms with Crippen molar-refractivity contribution in [3.8, 4) is 0 Å². The van der Waals surface area contributed by atoms with Gasteiger partial charge in [0.2, 0.25) is 5.95 Å². The van der Waals surface area contributed by atoms with Gasteiger partial charge in [0.1, 0.15) is 11.4 Å². The lowest BCUT2D eigenvalue weighted by Crippen LogP contribution is -2.13. The lowest BCUT2D eigenvalue weighted by atomic mass is 10.1. The normalized spacial score (nSPS) is 10.4. The van der Waals surface area contributed by atoms with Crippen LogP contribution in [-0.4, -0.2) is 20.8 Å². The molecule has 4 rings (SSSR count). The molecule has 170 valence electrons. The quantitative estimate of drug-likeness (QED) is 0.240. The Balaban J connectivity index is 1.45. The van der Waals surface area contributed by atoms with E-state index in [1.54, 1.807) is 30.3 Å². The van der Waals surface area contributed by atoms with E-state index in [1.165, 1.54) is 23.8 Å². The van der Waals surface area contributed by atoms with E-state index in [0.29, 0.717) is 17.5 Å². The van der Waals surface area contributed by atoms with Crippen LogP contribution in [0.1, 0.15) is 21.6 Å². The van der Waals surface area contributed by atoms with E-state index in [1.807, 2.05) is 44.2 Å². The number of carbonyl (C=O) groups is 1. The van der Waals surface area contributed by atoms with Crippen molar-refractivity contribution in [2.24, 2.45) is 0 Å². The van der Waals surface area contributed by atoms with Crippen molar-refractivity contribution in [2.45, 2.75) is 13.8 Å². The van der Waals surface area contributed by atoms with E-state index < -0.39 is 10.8 Å². The zero-order valence-corrected chi connectivity index (χ0v) is 18.6. The van der Waals surface area contributed by atoms with E-state index in [-0.39, 0.29) is 11.3 Å². The van der Waals surface area contributed by atoms with Crippen LogP contribution in [-0.2, 0) is 0 Å². The molecule has 34 heavy (non-hydrogen) atoms. The van der Waals surface area contributed by atoms with Gasteiger partial charge in [-0.2, -0.15) is 4.98 Å². The minimum absolute atomic E-state index is 0.000214. The summed E-state index contributed by atoms with van der Waals surface area (Å²) < 4.78 is 0. The largest absolute Gasteiger partial charge is 0.340 e. The Morgan fingerprint density at radius 3 is 2.15 bits per heavy atom. The van der Waals surface area contributed by atoms with Gasteiger partial charge >= 0.3 is 0 Å². The summed E-state index contributed by atoms with van der Waals surface area (Å²) in [5.41, 5.74) is 3.87. The number of hydrogen-bond donors (Lipinski definition) is 3. The highest BCUT2D eigenvalue weighted by molar-refractivity contribution is 6.07. The average molecular weight is 454 g/mol. The maximum atomic E-state index is 12.5. The van der Waals surface area contributed by atoms with E-state index in [4.69, 9.17) is 0 Å². The SMILES string of the molecule is Cc1ccc(Nc2nc(C)cc(Nc3ccc(NC(=O)c4ccccc4[N+](=O)[O-])cc3)n2)cc1. The molecule has 3 N–H and O–H groups in total. The fourth-order valence-corrected chi connectivity index (χ4v) is 3.26. The predicted octanol–water partition coefficient (Wildman–Crippen LogP) is 5.74. The number of aryl methyl sites for hydroxylation is 2. The second-order valence-corrected chi connectivity index (χ2v) is 7.64. The molecule has 9 nitrogen and oxygen atoms in total. The number of nitrogens with one attached hydrogen (secondary N) is 3. The molecule has 0 aliphatic heterocycles. The highest BCUT2D eigenvalue weighted by atomic mass is 16.6. The van der Waals surface area contributed by atoms with Gasteiger partial charge in [-0.3, -0.25) is 14.9 Å². The van der Waals surface area contributed by atoms with Gasteiger partial charge in [0.25, 0.3) is 11.6 Å². The van der Waals surface area contributed by atoms with Crippen molar-refractivity contribution in [3.05, 3.63) is 106 Å². The third kappa shape index (κ3) is 5.52. The van der Waals surface area contributed by atoms with E-state index in [0.717, 1.165) is 17.1 Å². The molecule has 0 unspecified atom stereocenters. The number of benzene rings is 3. The number of aromatic nitrogens is 2. The van der Waals surface area contributed by atoms with Gasteiger partial charge in [-0.25, -0.2) is 4.98 Å². The second kappa shape index (κ2) is 9.78. The average Bonchev–Trinajstić information content (AvgIpc) is 2.81. The predicted molar refractivity (Wildman–Crippen MR) is 132 cm³/mol. The molecule has 0 bridgehead atoms. The number of para-hydroxylation sites is 1. The van der Waals surface area contributed by atoms with Crippen molar-refractivity contribution in [1.82, 2.24) is 9.97 Å². The smallest absolute Gasteiger partial charge is 0.282 e. The Hall–Kier alpha value is -4.79. The van der Waals surface area contributed by atoms with Gasteiger partial charge < -0.3 is 16.0 Å². The summed E-state index contributed by atoms with van der Waals surface area (Å²) in [5.74, 6) is 0.532. The molecule has 0 aliphatic rings. The number of nitro groups is 1. The van der Waals surface area contributed by atoms with Crippen LogP contribution < -0.4 is 16.0 Å². The number of hydrogen-bond acceptors (Lipinski definition) is 7. The summed E-state index contributed by atoms with van der Waals surface area (Å²) >= 11 is 0. The Kier molecular flexibility index (Phi) is 6.45. The number of amides is 1. The highest BCUT2D eigenvalue weighted by Crippen LogP contribution is 2.23. The monoisotopic (exact) mass is 454 g/mol.